The summed E-state index contributed by atoms with van der Waals surface area (Å²) in [5, 5.41) is 3.78. The van der Waals surface area contributed by atoms with Gasteiger partial charge in [0.1, 0.15) is 5.69 Å². The molecule has 1 amide bonds. The first-order chi connectivity index (χ1) is 14.8. The number of fused-ring (bicyclic) bond motifs is 1. The minimum absolute atomic E-state index is 0.0669. The normalized spacial score (nSPS) is 19.2. The molecule has 1 aliphatic rings. The highest BCUT2D eigenvalue weighted by Crippen LogP contribution is 2.36. The molecule has 2 aromatic carbocycles. The number of carbonyl (C=O) groups is 1. The lowest BCUT2D eigenvalue weighted by Crippen LogP contribution is -2.43. The molecule has 1 aromatic heterocycles. The fourth-order valence-corrected chi connectivity index (χ4v) is 4.26. The summed E-state index contributed by atoms with van der Waals surface area (Å²) in [6, 6.07) is 17.3. The molecule has 4 rings (SSSR count). The van der Waals surface area contributed by atoms with Crippen molar-refractivity contribution >= 4 is 22.5 Å². The summed E-state index contributed by atoms with van der Waals surface area (Å²) < 4.78 is 40.2. The molecule has 1 aliphatic carbocycles. The van der Waals surface area contributed by atoms with Crippen molar-refractivity contribution in [2.45, 2.75) is 43.9 Å². The van der Waals surface area contributed by atoms with Crippen LogP contribution in [0.15, 0.2) is 60.7 Å². The summed E-state index contributed by atoms with van der Waals surface area (Å²) in [5.41, 5.74) is 0.624. The molecule has 162 valence electrons. The second-order valence-corrected chi connectivity index (χ2v) is 8.00. The van der Waals surface area contributed by atoms with Crippen molar-refractivity contribution in [1.82, 2.24) is 10.3 Å². The quantitative estimate of drug-likeness (QED) is 0.604. The molecular formula is C24H24F3N3O. The fourth-order valence-electron chi connectivity index (χ4n) is 4.26. The van der Waals surface area contributed by atoms with E-state index in [2.05, 4.69) is 10.3 Å². The Morgan fingerprint density at radius 2 is 1.65 bits per heavy atom. The maximum atomic E-state index is 13.4. The van der Waals surface area contributed by atoms with E-state index in [1.54, 1.807) is 30.3 Å². The van der Waals surface area contributed by atoms with E-state index in [-0.39, 0.29) is 18.0 Å². The fraction of sp³-hybridized carbons (Fsp3) is 0.333. The van der Waals surface area contributed by atoms with E-state index >= 15 is 0 Å². The van der Waals surface area contributed by atoms with Crippen LogP contribution in [0.25, 0.3) is 10.9 Å². The van der Waals surface area contributed by atoms with E-state index in [0.29, 0.717) is 22.2 Å². The van der Waals surface area contributed by atoms with Gasteiger partial charge < -0.3 is 10.2 Å². The molecule has 31 heavy (non-hydrogen) atoms. The molecule has 0 spiro atoms. The average Bonchev–Trinajstić information content (AvgIpc) is 2.78. The van der Waals surface area contributed by atoms with E-state index in [1.807, 2.05) is 36.2 Å². The molecule has 0 aliphatic heterocycles. The van der Waals surface area contributed by atoms with E-state index < -0.39 is 11.9 Å². The number of nitrogens with one attached hydrogen (secondary N) is 1. The molecule has 1 saturated carbocycles. The highest BCUT2D eigenvalue weighted by atomic mass is 19.4. The molecule has 0 unspecified atom stereocenters. The second kappa shape index (κ2) is 8.57. The Morgan fingerprint density at radius 3 is 2.32 bits per heavy atom. The summed E-state index contributed by atoms with van der Waals surface area (Å²) in [4.78, 5) is 18.1. The highest BCUT2D eigenvalue weighted by Gasteiger charge is 2.34. The molecule has 1 N–H and O–H groups in total. The largest absolute Gasteiger partial charge is 0.433 e. The van der Waals surface area contributed by atoms with Crippen LogP contribution in [-0.2, 0) is 6.18 Å². The third-order valence-corrected chi connectivity index (χ3v) is 5.98. The van der Waals surface area contributed by atoms with Crippen LogP contribution in [0.4, 0.5) is 18.9 Å². The van der Waals surface area contributed by atoms with Crippen molar-refractivity contribution < 1.29 is 18.0 Å². The zero-order chi connectivity index (χ0) is 22.0. The van der Waals surface area contributed by atoms with Gasteiger partial charge in [0.25, 0.3) is 5.91 Å². The maximum Gasteiger partial charge on any atom is 0.433 e. The Kier molecular flexibility index (Phi) is 5.85. The van der Waals surface area contributed by atoms with E-state index in [0.717, 1.165) is 31.7 Å². The molecule has 0 bridgehead atoms. The number of pyridine rings is 1. The number of aromatic nitrogens is 1. The van der Waals surface area contributed by atoms with E-state index in [4.69, 9.17) is 0 Å². The monoisotopic (exact) mass is 427 g/mol. The topological polar surface area (TPSA) is 45.2 Å². The number of para-hydroxylation sites is 1. The Morgan fingerprint density at radius 1 is 1.00 bits per heavy atom. The van der Waals surface area contributed by atoms with Gasteiger partial charge in [0, 0.05) is 35.8 Å². The molecule has 0 saturated heterocycles. The first-order valence-corrected chi connectivity index (χ1v) is 10.4. The first kappa shape index (κ1) is 21.2. The van der Waals surface area contributed by atoms with Gasteiger partial charge in [0.2, 0.25) is 0 Å². The van der Waals surface area contributed by atoms with Gasteiger partial charge in [-0.2, -0.15) is 13.2 Å². The smallest absolute Gasteiger partial charge is 0.371 e. The lowest BCUT2D eigenvalue weighted by molar-refractivity contribution is -0.140. The lowest BCUT2D eigenvalue weighted by Gasteiger charge is -2.37. The van der Waals surface area contributed by atoms with Gasteiger partial charge in [-0.3, -0.25) is 4.79 Å². The molecule has 7 heteroatoms. The summed E-state index contributed by atoms with van der Waals surface area (Å²) in [5.74, 6) is -0.0904. The average molecular weight is 427 g/mol. The van der Waals surface area contributed by atoms with E-state index in [9.17, 15) is 18.0 Å². The van der Waals surface area contributed by atoms with Gasteiger partial charge in [0.05, 0.1) is 5.52 Å². The number of amides is 1. The number of hydrogen-bond donors (Lipinski definition) is 1. The van der Waals surface area contributed by atoms with Crippen molar-refractivity contribution in [3.63, 3.8) is 0 Å². The number of carbonyl (C=O) groups excluding carboxylic acids is 1. The molecule has 0 atom stereocenters. The Labute approximate surface area is 179 Å². The standard InChI is InChI=1S/C24H24F3N3O/c1-30(21-15-22(24(25,26)27)29-20-10-6-5-9-19(20)21)18-13-11-17(12-14-18)28-23(31)16-7-3-2-4-8-16/h2-10,15,17-18H,11-14H2,1H3,(H,28,31). The van der Waals surface area contributed by atoms with Crippen LogP contribution in [-0.4, -0.2) is 30.0 Å². The van der Waals surface area contributed by atoms with Crippen molar-refractivity contribution in [3.8, 4) is 0 Å². The molecule has 4 nitrogen and oxygen atoms in total. The Balaban J connectivity index is 1.48. The summed E-state index contributed by atoms with van der Waals surface area (Å²) >= 11 is 0. The zero-order valence-corrected chi connectivity index (χ0v) is 17.2. The van der Waals surface area contributed by atoms with Crippen LogP contribution in [0.1, 0.15) is 41.7 Å². The van der Waals surface area contributed by atoms with Gasteiger partial charge in [0.15, 0.2) is 0 Å². The van der Waals surface area contributed by atoms with Gasteiger partial charge in [-0.1, -0.05) is 36.4 Å². The van der Waals surface area contributed by atoms with Crippen LogP contribution in [0.2, 0.25) is 0 Å². The van der Waals surface area contributed by atoms with Crippen LogP contribution < -0.4 is 10.2 Å². The second-order valence-electron chi connectivity index (χ2n) is 8.00. The number of benzene rings is 2. The Bertz CT molecular complexity index is 1060. The van der Waals surface area contributed by atoms with Crippen molar-refractivity contribution in [3.05, 3.63) is 71.9 Å². The minimum atomic E-state index is -4.50. The first-order valence-electron chi connectivity index (χ1n) is 10.4. The van der Waals surface area contributed by atoms with E-state index in [1.165, 1.54) is 0 Å². The van der Waals surface area contributed by atoms with Gasteiger partial charge in [-0.05, 0) is 49.9 Å². The van der Waals surface area contributed by atoms with Gasteiger partial charge in [-0.25, -0.2) is 4.98 Å². The van der Waals surface area contributed by atoms with Gasteiger partial charge in [-0.15, -0.1) is 0 Å². The molecule has 3 aromatic rings. The van der Waals surface area contributed by atoms with Crippen LogP contribution in [0.3, 0.4) is 0 Å². The maximum absolute atomic E-state index is 13.4. The van der Waals surface area contributed by atoms with Crippen molar-refractivity contribution in [1.29, 1.82) is 0 Å². The van der Waals surface area contributed by atoms with Crippen LogP contribution in [0.5, 0.6) is 0 Å². The Hall–Kier alpha value is -3.09. The SMILES string of the molecule is CN(c1cc(C(F)(F)F)nc2ccccc12)C1CCC(NC(=O)c2ccccc2)CC1. The number of rotatable bonds is 4. The minimum Gasteiger partial charge on any atom is -0.371 e. The summed E-state index contributed by atoms with van der Waals surface area (Å²) in [6.45, 7) is 0. The molecular weight excluding hydrogens is 403 g/mol. The lowest BCUT2D eigenvalue weighted by atomic mass is 9.89. The molecule has 1 heterocycles. The highest BCUT2D eigenvalue weighted by molar-refractivity contribution is 5.94. The summed E-state index contributed by atoms with van der Waals surface area (Å²) in [6.07, 6.45) is -1.37. The number of alkyl halides is 3. The zero-order valence-electron chi connectivity index (χ0n) is 17.2. The summed E-state index contributed by atoms with van der Waals surface area (Å²) in [7, 11) is 1.84. The number of anilines is 1. The predicted molar refractivity (Wildman–Crippen MR) is 115 cm³/mol. The van der Waals surface area contributed by atoms with Crippen molar-refractivity contribution in [2.24, 2.45) is 0 Å². The number of nitrogens with zero attached hydrogens (tertiary/aromatic N) is 2. The predicted octanol–water partition coefficient (Wildman–Crippen LogP) is 5.43. The third-order valence-electron chi connectivity index (χ3n) is 5.98. The molecule has 0 radical (unpaired) electrons. The van der Waals surface area contributed by atoms with Crippen LogP contribution >= 0.6 is 0 Å². The number of halogens is 3. The molecule has 1 fully saturated rings. The van der Waals surface area contributed by atoms with Gasteiger partial charge >= 0.3 is 6.18 Å². The van der Waals surface area contributed by atoms with Crippen LogP contribution in [0, 0.1) is 0 Å². The van der Waals surface area contributed by atoms with Crippen molar-refractivity contribution in [2.75, 3.05) is 11.9 Å². The number of hydrogen-bond acceptors (Lipinski definition) is 3. The third kappa shape index (κ3) is 4.65.